The SMILES string of the molecule is CCCCC(P)(CCCCCO)CCCCCO. The van der Waals surface area contributed by atoms with Gasteiger partial charge in [0.05, 0.1) is 0 Å². The van der Waals surface area contributed by atoms with Crippen LogP contribution in [-0.4, -0.2) is 28.6 Å². The first-order valence-corrected chi connectivity index (χ1v) is 8.27. The van der Waals surface area contributed by atoms with E-state index >= 15 is 0 Å². The smallest absolute Gasteiger partial charge is 0.0431 e. The topological polar surface area (TPSA) is 40.5 Å². The molecular formula is C15H33O2P. The highest BCUT2D eigenvalue weighted by Crippen LogP contribution is 2.36. The molecule has 1 atom stereocenters. The minimum absolute atomic E-state index is 0.329. The summed E-state index contributed by atoms with van der Waals surface area (Å²) in [5, 5.41) is 18.0. The Bertz CT molecular complexity index is 162. The summed E-state index contributed by atoms with van der Waals surface area (Å²) in [4.78, 5) is 0. The monoisotopic (exact) mass is 276 g/mol. The molecule has 0 aromatic rings. The van der Waals surface area contributed by atoms with Crippen LogP contribution in [0.1, 0.15) is 77.6 Å². The molecule has 0 spiro atoms. The Balaban J connectivity index is 3.90. The molecule has 0 heterocycles. The van der Waals surface area contributed by atoms with E-state index in [4.69, 9.17) is 10.2 Å². The van der Waals surface area contributed by atoms with Crippen LogP contribution in [0.3, 0.4) is 0 Å². The van der Waals surface area contributed by atoms with Gasteiger partial charge in [-0.1, -0.05) is 45.4 Å². The maximum atomic E-state index is 8.81. The van der Waals surface area contributed by atoms with Crippen molar-refractivity contribution in [2.45, 2.75) is 82.7 Å². The fraction of sp³-hybridized carbons (Fsp3) is 1.00. The highest BCUT2D eigenvalue weighted by atomic mass is 31.0. The summed E-state index contributed by atoms with van der Waals surface area (Å²) in [6.45, 7) is 2.91. The summed E-state index contributed by atoms with van der Waals surface area (Å²) < 4.78 is 0. The summed E-state index contributed by atoms with van der Waals surface area (Å²) in [5.41, 5.74) is 0. The fourth-order valence-electron chi connectivity index (χ4n) is 2.44. The van der Waals surface area contributed by atoms with E-state index in [9.17, 15) is 0 Å². The van der Waals surface area contributed by atoms with Gasteiger partial charge >= 0.3 is 0 Å². The predicted molar refractivity (Wildman–Crippen MR) is 83.1 cm³/mol. The van der Waals surface area contributed by atoms with E-state index in [-0.39, 0.29) is 0 Å². The number of aliphatic hydroxyl groups excluding tert-OH is 2. The number of hydrogen-bond donors (Lipinski definition) is 2. The van der Waals surface area contributed by atoms with Crippen molar-refractivity contribution in [2.75, 3.05) is 13.2 Å². The van der Waals surface area contributed by atoms with Crippen LogP contribution < -0.4 is 0 Å². The van der Waals surface area contributed by atoms with Gasteiger partial charge in [-0.05, 0) is 37.3 Å². The normalized spacial score (nSPS) is 12.0. The van der Waals surface area contributed by atoms with Gasteiger partial charge in [0.25, 0.3) is 0 Å². The minimum atomic E-state index is 0.329. The van der Waals surface area contributed by atoms with Crippen LogP contribution in [0.5, 0.6) is 0 Å². The van der Waals surface area contributed by atoms with E-state index in [0.717, 1.165) is 25.7 Å². The minimum Gasteiger partial charge on any atom is -0.396 e. The van der Waals surface area contributed by atoms with Crippen LogP contribution in [0.25, 0.3) is 0 Å². The van der Waals surface area contributed by atoms with Gasteiger partial charge in [0.1, 0.15) is 0 Å². The molecule has 2 N–H and O–H groups in total. The molecule has 18 heavy (non-hydrogen) atoms. The van der Waals surface area contributed by atoms with Gasteiger partial charge in [0.15, 0.2) is 0 Å². The van der Waals surface area contributed by atoms with E-state index in [1.165, 1.54) is 44.9 Å². The molecule has 0 saturated heterocycles. The second kappa shape index (κ2) is 12.4. The lowest BCUT2D eigenvalue weighted by Gasteiger charge is -2.30. The van der Waals surface area contributed by atoms with Gasteiger partial charge in [0.2, 0.25) is 0 Å². The largest absolute Gasteiger partial charge is 0.396 e. The van der Waals surface area contributed by atoms with Gasteiger partial charge in [-0.15, -0.1) is 9.24 Å². The van der Waals surface area contributed by atoms with E-state index < -0.39 is 0 Å². The molecule has 0 aliphatic rings. The van der Waals surface area contributed by atoms with Crippen LogP contribution in [0.15, 0.2) is 0 Å². The Morgan fingerprint density at radius 2 is 1.17 bits per heavy atom. The Morgan fingerprint density at radius 3 is 1.56 bits per heavy atom. The summed E-state index contributed by atoms with van der Waals surface area (Å²) in [6, 6.07) is 0. The molecule has 0 aliphatic heterocycles. The van der Waals surface area contributed by atoms with Gasteiger partial charge in [-0.3, -0.25) is 0 Å². The molecule has 0 saturated carbocycles. The lowest BCUT2D eigenvalue weighted by Crippen LogP contribution is -2.20. The lowest BCUT2D eigenvalue weighted by atomic mass is 9.89. The second-order valence-electron chi connectivity index (χ2n) is 5.53. The summed E-state index contributed by atoms with van der Waals surface area (Å²) in [7, 11) is 3.11. The Hall–Kier alpha value is 0.350. The van der Waals surface area contributed by atoms with Crippen molar-refractivity contribution in [3.8, 4) is 0 Å². The van der Waals surface area contributed by atoms with Crippen molar-refractivity contribution in [2.24, 2.45) is 0 Å². The quantitative estimate of drug-likeness (QED) is 0.396. The Morgan fingerprint density at radius 1 is 0.722 bits per heavy atom. The Kier molecular flexibility index (Phi) is 12.6. The molecule has 1 unspecified atom stereocenters. The molecule has 0 aromatic carbocycles. The van der Waals surface area contributed by atoms with Gasteiger partial charge in [0, 0.05) is 13.2 Å². The van der Waals surface area contributed by atoms with Crippen LogP contribution in [0.4, 0.5) is 0 Å². The number of aliphatic hydroxyl groups is 2. The average Bonchev–Trinajstić information content (AvgIpc) is 2.38. The van der Waals surface area contributed by atoms with E-state index in [2.05, 4.69) is 16.2 Å². The molecule has 0 bridgehead atoms. The van der Waals surface area contributed by atoms with Crippen LogP contribution in [-0.2, 0) is 0 Å². The van der Waals surface area contributed by atoms with Gasteiger partial charge in [-0.2, -0.15) is 0 Å². The molecule has 3 heteroatoms. The molecule has 2 nitrogen and oxygen atoms in total. The molecule has 0 aliphatic carbocycles. The zero-order valence-electron chi connectivity index (χ0n) is 12.2. The third kappa shape index (κ3) is 10.3. The Labute approximate surface area is 116 Å². The van der Waals surface area contributed by atoms with Gasteiger partial charge < -0.3 is 10.2 Å². The summed E-state index contributed by atoms with van der Waals surface area (Å²) in [6.07, 6.45) is 13.0. The molecule has 0 aromatic heterocycles. The molecule has 110 valence electrons. The van der Waals surface area contributed by atoms with E-state index in [1.54, 1.807) is 0 Å². The van der Waals surface area contributed by atoms with Crippen molar-refractivity contribution >= 4 is 9.24 Å². The summed E-state index contributed by atoms with van der Waals surface area (Å²) >= 11 is 0. The first-order chi connectivity index (χ1) is 8.68. The van der Waals surface area contributed by atoms with E-state index in [1.807, 2.05) is 0 Å². The second-order valence-corrected chi connectivity index (χ2v) is 6.76. The highest BCUT2D eigenvalue weighted by molar-refractivity contribution is 7.19. The van der Waals surface area contributed by atoms with Crippen molar-refractivity contribution in [3.63, 3.8) is 0 Å². The maximum absolute atomic E-state index is 8.81. The highest BCUT2D eigenvalue weighted by Gasteiger charge is 2.22. The average molecular weight is 276 g/mol. The maximum Gasteiger partial charge on any atom is 0.0431 e. The zero-order chi connectivity index (χ0) is 13.7. The summed E-state index contributed by atoms with van der Waals surface area (Å²) in [5.74, 6) is 0. The third-order valence-electron chi connectivity index (χ3n) is 3.69. The number of rotatable bonds is 13. The zero-order valence-corrected chi connectivity index (χ0v) is 13.3. The fourth-order valence-corrected chi connectivity index (χ4v) is 3.05. The van der Waals surface area contributed by atoms with E-state index in [0.29, 0.717) is 18.4 Å². The van der Waals surface area contributed by atoms with Crippen molar-refractivity contribution in [3.05, 3.63) is 0 Å². The number of unbranched alkanes of at least 4 members (excludes halogenated alkanes) is 5. The molecule has 0 rings (SSSR count). The lowest BCUT2D eigenvalue weighted by molar-refractivity contribution is 0.276. The van der Waals surface area contributed by atoms with Crippen molar-refractivity contribution in [1.82, 2.24) is 0 Å². The molecule has 0 radical (unpaired) electrons. The van der Waals surface area contributed by atoms with Crippen molar-refractivity contribution < 1.29 is 10.2 Å². The number of hydrogen-bond acceptors (Lipinski definition) is 2. The molecule has 0 fully saturated rings. The first-order valence-electron chi connectivity index (χ1n) is 7.69. The van der Waals surface area contributed by atoms with Crippen molar-refractivity contribution in [1.29, 1.82) is 0 Å². The van der Waals surface area contributed by atoms with Crippen LogP contribution >= 0.6 is 9.24 Å². The van der Waals surface area contributed by atoms with Crippen LogP contribution in [0.2, 0.25) is 0 Å². The molecular weight excluding hydrogens is 243 g/mol. The third-order valence-corrected chi connectivity index (χ3v) is 4.56. The molecule has 0 amide bonds. The first kappa shape index (κ1) is 18.4. The van der Waals surface area contributed by atoms with Crippen LogP contribution in [0, 0.1) is 0 Å². The standard InChI is InChI=1S/C15H33O2P/c1-2-3-10-15(18,11-6-4-8-13-16)12-7-5-9-14-17/h16-17H,2-14,18H2,1H3. The van der Waals surface area contributed by atoms with Gasteiger partial charge in [-0.25, -0.2) is 0 Å². The predicted octanol–water partition coefficient (Wildman–Crippen LogP) is 3.90.